The molecule has 0 unspecified atom stereocenters. The summed E-state index contributed by atoms with van der Waals surface area (Å²) in [5, 5.41) is 9.89. The van der Waals surface area contributed by atoms with Crippen molar-refractivity contribution in [3.63, 3.8) is 0 Å². The summed E-state index contributed by atoms with van der Waals surface area (Å²) in [5.74, 6) is 0.849. The third-order valence-corrected chi connectivity index (χ3v) is 8.79. The molecule has 2 aromatic carbocycles. The predicted octanol–water partition coefficient (Wildman–Crippen LogP) is 5.68. The minimum atomic E-state index is -0.959. The van der Waals surface area contributed by atoms with Crippen LogP contribution in [0.15, 0.2) is 48.5 Å². The number of carbonyl (C=O) groups excluding carboxylic acids is 1. The van der Waals surface area contributed by atoms with Crippen molar-refractivity contribution >= 4 is 12.1 Å². The van der Waals surface area contributed by atoms with Crippen LogP contribution in [0.3, 0.4) is 0 Å². The van der Waals surface area contributed by atoms with Crippen molar-refractivity contribution < 1.29 is 19.4 Å². The molecule has 7 rings (SSSR count). The Labute approximate surface area is 194 Å². The SMILES string of the molecule is C[C@@H](C(=O)O)N(C(=O)OCC1c2ccccc2-c2ccccc21)C12CC3CC(CC(C3)C1)C2. The van der Waals surface area contributed by atoms with Crippen LogP contribution >= 0.6 is 0 Å². The number of carboxylic acid groups (broad SMARTS) is 1. The van der Waals surface area contributed by atoms with Gasteiger partial charge in [0.1, 0.15) is 12.6 Å². The van der Waals surface area contributed by atoms with Gasteiger partial charge in [-0.15, -0.1) is 0 Å². The van der Waals surface area contributed by atoms with E-state index in [-0.39, 0.29) is 18.1 Å². The van der Waals surface area contributed by atoms with Gasteiger partial charge in [0, 0.05) is 11.5 Å². The van der Waals surface area contributed by atoms with E-state index in [9.17, 15) is 14.7 Å². The largest absolute Gasteiger partial charge is 0.480 e. The number of nitrogens with zero attached hydrogens (tertiary/aromatic N) is 1. The maximum Gasteiger partial charge on any atom is 0.411 e. The highest BCUT2D eigenvalue weighted by Gasteiger charge is 2.57. The molecule has 0 saturated heterocycles. The van der Waals surface area contributed by atoms with E-state index in [0.717, 1.165) is 19.3 Å². The zero-order valence-electron chi connectivity index (χ0n) is 19.1. The van der Waals surface area contributed by atoms with Crippen LogP contribution < -0.4 is 0 Å². The van der Waals surface area contributed by atoms with E-state index in [1.165, 1.54) is 41.5 Å². The molecule has 4 saturated carbocycles. The second-order valence-corrected chi connectivity index (χ2v) is 10.8. The van der Waals surface area contributed by atoms with Gasteiger partial charge >= 0.3 is 12.1 Å². The summed E-state index contributed by atoms with van der Waals surface area (Å²) in [7, 11) is 0. The summed E-state index contributed by atoms with van der Waals surface area (Å²) in [4.78, 5) is 27.3. The number of amides is 1. The lowest BCUT2D eigenvalue weighted by Gasteiger charge is -2.60. The number of rotatable bonds is 5. The first kappa shape index (κ1) is 20.8. The third kappa shape index (κ3) is 3.27. The average Bonchev–Trinajstić information content (AvgIpc) is 3.10. The Balaban J connectivity index is 1.28. The molecule has 172 valence electrons. The summed E-state index contributed by atoms with van der Waals surface area (Å²) >= 11 is 0. The number of benzene rings is 2. The molecule has 0 aromatic heterocycles. The molecular weight excluding hydrogens is 414 g/mol. The topological polar surface area (TPSA) is 66.8 Å². The lowest BCUT2D eigenvalue weighted by Crippen LogP contribution is -2.65. The number of aliphatic carboxylic acids is 1. The van der Waals surface area contributed by atoms with Crippen LogP contribution in [0, 0.1) is 17.8 Å². The fourth-order valence-corrected chi connectivity index (χ4v) is 7.90. The highest BCUT2D eigenvalue weighted by Crippen LogP contribution is 2.58. The molecule has 1 amide bonds. The lowest BCUT2D eigenvalue weighted by molar-refractivity contribution is -0.150. The van der Waals surface area contributed by atoms with E-state index in [0.29, 0.717) is 17.8 Å². The molecule has 33 heavy (non-hydrogen) atoms. The van der Waals surface area contributed by atoms with E-state index in [2.05, 4.69) is 24.3 Å². The summed E-state index contributed by atoms with van der Waals surface area (Å²) in [6, 6.07) is 15.7. The molecule has 1 N–H and O–H groups in total. The van der Waals surface area contributed by atoms with Crippen molar-refractivity contribution in [2.75, 3.05) is 6.61 Å². The number of carboxylic acids is 1. The molecule has 5 aliphatic carbocycles. The average molecular weight is 446 g/mol. The van der Waals surface area contributed by atoms with E-state index in [1.54, 1.807) is 11.8 Å². The monoisotopic (exact) mass is 445 g/mol. The van der Waals surface area contributed by atoms with E-state index in [4.69, 9.17) is 4.74 Å². The Kier molecular flexibility index (Phi) is 4.79. The minimum Gasteiger partial charge on any atom is -0.480 e. The van der Waals surface area contributed by atoms with Gasteiger partial charge in [-0.05, 0) is 85.5 Å². The zero-order chi connectivity index (χ0) is 22.7. The number of ether oxygens (including phenoxy) is 1. The Morgan fingerprint density at radius 3 is 1.91 bits per heavy atom. The molecule has 0 spiro atoms. The van der Waals surface area contributed by atoms with E-state index >= 15 is 0 Å². The smallest absolute Gasteiger partial charge is 0.411 e. The second kappa shape index (κ2) is 7.61. The Bertz CT molecular complexity index is 1030. The Morgan fingerprint density at radius 1 is 0.939 bits per heavy atom. The van der Waals surface area contributed by atoms with Crippen LogP contribution in [0.5, 0.6) is 0 Å². The highest BCUT2D eigenvalue weighted by molar-refractivity contribution is 5.81. The predicted molar refractivity (Wildman–Crippen MR) is 125 cm³/mol. The van der Waals surface area contributed by atoms with Gasteiger partial charge in [-0.1, -0.05) is 48.5 Å². The van der Waals surface area contributed by atoms with E-state index < -0.39 is 18.1 Å². The molecule has 5 heteroatoms. The molecule has 2 aromatic rings. The van der Waals surface area contributed by atoms with Gasteiger partial charge in [0.05, 0.1) is 0 Å². The van der Waals surface area contributed by atoms with Gasteiger partial charge in [-0.3, -0.25) is 4.90 Å². The lowest BCUT2D eigenvalue weighted by atomic mass is 9.52. The summed E-state index contributed by atoms with van der Waals surface area (Å²) < 4.78 is 5.99. The number of hydrogen-bond donors (Lipinski definition) is 1. The van der Waals surface area contributed by atoms with Gasteiger partial charge in [-0.25, -0.2) is 9.59 Å². The molecule has 4 bridgehead atoms. The van der Waals surface area contributed by atoms with Crippen molar-refractivity contribution in [3.8, 4) is 11.1 Å². The van der Waals surface area contributed by atoms with Crippen molar-refractivity contribution in [2.45, 2.75) is 62.9 Å². The number of fused-ring (bicyclic) bond motifs is 3. The van der Waals surface area contributed by atoms with Crippen LogP contribution in [-0.2, 0) is 9.53 Å². The van der Waals surface area contributed by atoms with Gasteiger partial charge < -0.3 is 9.84 Å². The van der Waals surface area contributed by atoms with Crippen LogP contribution in [-0.4, -0.2) is 40.3 Å². The van der Waals surface area contributed by atoms with Gasteiger partial charge in [0.2, 0.25) is 0 Å². The maximum absolute atomic E-state index is 13.6. The molecule has 4 fully saturated rings. The van der Waals surface area contributed by atoms with Crippen LogP contribution in [0.25, 0.3) is 11.1 Å². The normalized spacial score (nSPS) is 29.9. The van der Waals surface area contributed by atoms with Crippen LogP contribution in [0.1, 0.15) is 62.5 Å². The summed E-state index contributed by atoms with van der Waals surface area (Å²) in [6.07, 6.45) is 5.99. The highest BCUT2D eigenvalue weighted by atomic mass is 16.6. The van der Waals surface area contributed by atoms with Crippen molar-refractivity contribution in [1.29, 1.82) is 0 Å². The first-order valence-electron chi connectivity index (χ1n) is 12.3. The maximum atomic E-state index is 13.6. The van der Waals surface area contributed by atoms with Crippen molar-refractivity contribution in [1.82, 2.24) is 4.90 Å². The zero-order valence-corrected chi connectivity index (χ0v) is 19.1. The Hall–Kier alpha value is -2.82. The van der Waals surface area contributed by atoms with Gasteiger partial charge in [0.25, 0.3) is 0 Å². The molecule has 5 nitrogen and oxygen atoms in total. The second-order valence-electron chi connectivity index (χ2n) is 10.8. The first-order valence-corrected chi connectivity index (χ1v) is 12.3. The standard InChI is InChI=1S/C28H31NO4/c1-17(26(30)31)29(28-13-18-10-19(14-28)12-20(11-18)15-28)27(32)33-16-25-23-8-4-2-6-21(23)22-7-3-5-9-24(22)25/h2-9,17-20,25H,10-16H2,1H3,(H,30,31)/t17-,18?,19?,20?,28?/m0/s1. The minimum absolute atomic E-state index is 0.0281. The van der Waals surface area contributed by atoms with Crippen molar-refractivity contribution in [2.24, 2.45) is 17.8 Å². The van der Waals surface area contributed by atoms with Crippen LogP contribution in [0.4, 0.5) is 4.79 Å². The van der Waals surface area contributed by atoms with E-state index in [1.807, 2.05) is 24.3 Å². The molecule has 5 aliphatic rings. The third-order valence-electron chi connectivity index (χ3n) is 8.79. The molecule has 0 heterocycles. The molecular formula is C28H31NO4. The molecule has 1 atom stereocenters. The quantitative estimate of drug-likeness (QED) is 0.643. The fraction of sp³-hybridized carbons (Fsp3) is 0.500. The van der Waals surface area contributed by atoms with Gasteiger partial charge in [-0.2, -0.15) is 0 Å². The number of carbonyl (C=O) groups is 2. The van der Waals surface area contributed by atoms with Crippen LogP contribution in [0.2, 0.25) is 0 Å². The fourth-order valence-electron chi connectivity index (χ4n) is 7.90. The summed E-state index contributed by atoms with van der Waals surface area (Å²) in [5.41, 5.74) is 4.34. The Morgan fingerprint density at radius 2 is 1.42 bits per heavy atom. The van der Waals surface area contributed by atoms with Crippen molar-refractivity contribution in [3.05, 3.63) is 59.7 Å². The number of hydrogen-bond acceptors (Lipinski definition) is 3. The van der Waals surface area contributed by atoms with Gasteiger partial charge in [0.15, 0.2) is 0 Å². The first-order chi connectivity index (χ1) is 15.9. The molecule has 0 aliphatic heterocycles. The molecule has 0 radical (unpaired) electrons. The summed E-state index contributed by atoms with van der Waals surface area (Å²) in [6.45, 7) is 1.87.